The third kappa shape index (κ3) is 4.36. The summed E-state index contributed by atoms with van der Waals surface area (Å²) in [5.41, 5.74) is 3.20. The number of amides is 2. The Hall–Kier alpha value is -3.08. The number of carbonyl (C=O) groups is 2. The second kappa shape index (κ2) is 10.0. The molecule has 2 heterocycles. The molecule has 5 heteroatoms. The van der Waals surface area contributed by atoms with E-state index in [2.05, 4.69) is 35.2 Å². The molecule has 5 nitrogen and oxygen atoms in total. The fourth-order valence-electron chi connectivity index (χ4n) is 5.90. The molecule has 0 N–H and O–H groups in total. The van der Waals surface area contributed by atoms with Crippen molar-refractivity contribution >= 4 is 17.4 Å². The Morgan fingerprint density at radius 2 is 1.50 bits per heavy atom. The Balaban J connectivity index is 1.43. The molecule has 1 saturated heterocycles. The molecule has 0 atom stereocenters. The van der Waals surface area contributed by atoms with Crippen molar-refractivity contribution < 1.29 is 14.3 Å². The number of para-hydroxylation sites is 1. The smallest absolute Gasteiger partial charge is 0.278 e. The lowest BCUT2D eigenvalue weighted by molar-refractivity contribution is -0.141. The SMILES string of the molecule is COc1ccccc1C1=C(N2CCC(Cc3ccccc3)CC2)C(=O)N(C2CCCCC2)C1=O. The summed E-state index contributed by atoms with van der Waals surface area (Å²) >= 11 is 0. The fourth-order valence-corrected chi connectivity index (χ4v) is 5.90. The first kappa shape index (κ1) is 22.7. The quantitative estimate of drug-likeness (QED) is 0.568. The van der Waals surface area contributed by atoms with Gasteiger partial charge in [0.25, 0.3) is 11.8 Å². The van der Waals surface area contributed by atoms with Gasteiger partial charge in [-0.2, -0.15) is 0 Å². The van der Waals surface area contributed by atoms with Crippen LogP contribution in [0.3, 0.4) is 0 Å². The molecule has 3 aliphatic rings. The lowest BCUT2D eigenvalue weighted by Crippen LogP contribution is -2.44. The highest BCUT2D eigenvalue weighted by atomic mass is 16.5. The van der Waals surface area contributed by atoms with Crippen LogP contribution >= 0.6 is 0 Å². The van der Waals surface area contributed by atoms with Crippen molar-refractivity contribution in [3.63, 3.8) is 0 Å². The fraction of sp³-hybridized carbons (Fsp3) is 0.448. The number of piperidine rings is 1. The van der Waals surface area contributed by atoms with Crippen LogP contribution in [0.1, 0.15) is 56.1 Å². The van der Waals surface area contributed by atoms with E-state index in [-0.39, 0.29) is 17.9 Å². The van der Waals surface area contributed by atoms with E-state index in [9.17, 15) is 9.59 Å². The van der Waals surface area contributed by atoms with Gasteiger partial charge in [-0.25, -0.2) is 0 Å². The first-order chi connectivity index (χ1) is 16.7. The number of nitrogens with zero attached hydrogens (tertiary/aromatic N) is 2. The van der Waals surface area contributed by atoms with Crippen molar-refractivity contribution in [2.24, 2.45) is 5.92 Å². The molecular weight excluding hydrogens is 424 g/mol. The molecule has 0 radical (unpaired) electrons. The molecule has 0 bridgehead atoms. The van der Waals surface area contributed by atoms with Gasteiger partial charge in [-0.05, 0) is 49.7 Å². The third-order valence-electron chi connectivity index (χ3n) is 7.70. The molecule has 5 rings (SSSR count). The predicted octanol–water partition coefficient (Wildman–Crippen LogP) is 5.06. The predicted molar refractivity (Wildman–Crippen MR) is 133 cm³/mol. The highest BCUT2D eigenvalue weighted by Gasteiger charge is 2.46. The van der Waals surface area contributed by atoms with Crippen LogP contribution in [0, 0.1) is 5.92 Å². The largest absolute Gasteiger partial charge is 0.496 e. The standard InChI is InChI=1S/C29H34N2O3/c1-34-25-15-9-8-14-24(25)26-27(29(33)31(28(26)32)23-12-6-3-7-13-23)30-18-16-22(17-19-30)20-21-10-4-2-5-11-21/h2,4-5,8-11,14-15,22-23H,3,6-7,12-13,16-20H2,1H3. The first-order valence-electron chi connectivity index (χ1n) is 12.7. The Bertz CT molecular complexity index is 1060. The van der Waals surface area contributed by atoms with E-state index in [1.165, 1.54) is 12.0 Å². The Labute approximate surface area is 202 Å². The summed E-state index contributed by atoms with van der Waals surface area (Å²) in [5, 5.41) is 0. The minimum atomic E-state index is -0.150. The average Bonchev–Trinajstić information content (AvgIpc) is 3.15. The minimum absolute atomic E-state index is 0.00609. The van der Waals surface area contributed by atoms with E-state index in [0.29, 0.717) is 22.9 Å². The van der Waals surface area contributed by atoms with Crippen molar-refractivity contribution in [1.29, 1.82) is 0 Å². The van der Waals surface area contributed by atoms with Gasteiger partial charge in [0.2, 0.25) is 0 Å². The molecule has 0 aromatic heterocycles. The Kier molecular flexibility index (Phi) is 6.70. The van der Waals surface area contributed by atoms with Gasteiger partial charge in [0.15, 0.2) is 0 Å². The topological polar surface area (TPSA) is 49.9 Å². The molecule has 1 aliphatic carbocycles. The molecule has 178 valence electrons. The van der Waals surface area contributed by atoms with Crippen molar-refractivity contribution in [2.75, 3.05) is 20.2 Å². The van der Waals surface area contributed by atoms with Crippen molar-refractivity contribution in [2.45, 2.75) is 57.4 Å². The molecule has 2 aromatic rings. The normalized spacial score (nSPS) is 20.4. The highest BCUT2D eigenvalue weighted by molar-refractivity contribution is 6.36. The molecule has 0 spiro atoms. The first-order valence-corrected chi connectivity index (χ1v) is 12.7. The van der Waals surface area contributed by atoms with Crippen LogP contribution in [-0.2, 0) is 16.0 Å². The number of methoxy groups -OCH3 is 1. The van der Waals surface area contributed by atoms with Crippen LogP contribution in [0.25, 0.3) is 5.57 Å². The van der Waals surface area contributed by atoms with Crippen molar-refractivity contribution in [3.05, 3.63) is 71.4 Å². The zero-order chi connectivity index (χ0) is 23.5. The van der Waals surface area contributed by atoms with Gasteiger partial charge in [0, 0.05) is 24.7 Å². The highest BCUT2D eigenvalue weighted by Crippen LogP contribution is 2.40. The molecule has 2 aromatic carbocycles. The number of imide groups is 1. The van der Waals surface area contributed by atoms with E-state index in [4.69, 9.17) is 4.74 Å². The number of likely N-dealkylation sites (tertiary alicyclic amines) is 1. The maximum atomic E-state index is 13.8. The number of benzene rings is 2. The average molecular weight is 459 g/mol. The second-order valence-corrected chi connectivity index (χ2v) is 9.82. The number of carbonyl (C=O) groups excluding carboxylic acids is 2. The zero-order valence-corrected chi connectivity index (χ0v) is 20.0. The summed E-state index contributed by atoms with van der Waals surface area (Å²) in [7, 11) is 1.62. The van der Waals surface area contributed by atoms with E-state index in [1.807, 2.05) is 24.3 Å². The zero-order valence-electron chi connectivity index (χ0n) is 20.0. The van der Waals surface area contributed by atoms with Crippen molar-refractivity contribution in [1.82, 2.24) is 9.80 Å². The lowest BCUT2D eigenvalue weighted by Gasteiger charge is -2.35. The molecule has 2 amide bonds. The van der Waals surface area contributed by atoms with E-state index >= 15 is 0 Å². The van der Waals surface area contributed by atoms with Crippen molar-refractivity contribution in [3.8, 4) is 5.75 Å². The number of ether oxygens (including phenoxy) is 1. The van der Waals surface area contributed by atoms with E-state index in [1.54, 1.807) is 12.0 Å². The van der Waals surface area contributed by atoms with E-state index in [0.717, 1.165) is 63.6 Å². The Morgan fingerprint density at radius 3 is 2.21 bits per heavy atom. The summed E-state index contributed by atoms with van der Waals surface area (Å²) in [4.78, 5) is 31.4. The lowest BCUT2D eigenvalue weighted by atomic mass is 9.89. The number of hydrogen-bond donors (Lipinski definition) is 0. The maximum absolute atomic E-state index is 13.8. The van der Waals surface area contributed by atoms with Crippen LogP contribution in [0.4, 0.5) is 0 Å². The maximum Gasteiger partial charge on any atom is 0.278 e. The summed E-state index contributed by atoms with van der Waals surface area (Å²) in [5.74, 6) is 0.971. The van der Waals surface area contributed by atoms with Gasteiger partial charge < -0.3 is 9.64 Å². The summed E-state index contributed by atoms with van der Waals surface area (Å²) in [6.07, 6.45) is 8.24. The molecule has 2 aliphatic heterocycles. The molecule has 2 fully saturated rings. The van der Waals surface area contributed by atoms with Crippen LogP contribution < -0.4 is 4.74 Å². The van der Waals surface area contributed by atoms with Crippen LogP contribution in [-0.4, -0.2) is 47.9 Å². The number of hydrogen-bond acceptors (Lipinski definition) is 4. The summed E-state index contributed by atoms with van der Waals surface area (Å²) in [6, 6.07) is 18.2. The van der Waals surface area contributed by atoms with Gasteiger partial charge in [-0.1, -0.05) is 67.8 Å². The molecule has 1 saturated carbocycles. The summed E-state index contributed by atoms with van der Waals surface area (Å²) in [6.45, 7) is 1.59. The van der Waals surface area contributed by atoms with Gasteiger partial charge in [0.1, 0.15) is 11.4 Å². The second-order valence-electron chi connectivity index (χ2n) is 9.82. The number of rotatable bonds is 6. The van der Waals surface area contributed by atoms with Gasteiger partial charge in [-0.3, -0.25) is 14.5 Å². The van der Waals surface area contributed by atoms with Gasteiger partial charge >= 0.3 is 0 Å². The Morgan fingerprint density at radius 1 is 0.824 bits per heavy atom. The third-order valence-corrected chi connectivity index (χ3v) is 7.70. The van der Waals surface area contributed by atoms with Crippen LogP contribution in [0.5, 0.6) is 5.75 Å². The molecule has 34 heavy (non-hydrogen) atoms. The monoisotopic (exact) mass is 458 g/mol. The van der Waals surface area contributed by atoms with Crippen LogP contribution in [0.15, 0.2) is 60.3 Å². The molecule has 0 unspecified atom stereocenters. The van der Waals surface area contributed by atoms with Gasteiger partial charge in [0.05, 0.1) is 12.7 Å². The van der Waals surface area contributed by atoms with Crippen LogP contribution in [0.2, 0.25) is 0 Å². The summed E-state index contributed by atoms with van der Waals surface area (Å²) < 4.78 is 5.61. The van der Waals surface area contributed by atoms with Gasteiger partial charge in [-0.15, -0.1) is 0 Å². The van der Waals surface area contributed by atoms with E-state index < -0.39 is 0 Å². The minimum Gasteiger partial charge on any atom is -0.496 e. The molecular formula is C29H34N2O3.